The molecule has 2 aliphatic rings. The number of para-hydroxylation sites is 1. The maximum absolute atomic E-state index is 11.8. The van der Waals surface area contributed by atoms with Gasteiger partial charge >= 0.3 is 17.9 Å². The van der Waals surface area contributed by atoms with Gasteiger partial charge in [0.1, 0.15) is 28.2 Å². The number of carboxylic acids is 2. The molecule has 19 nitrogen and oxygen atoms in total. The molecule has 5 aromatic carbocycles. The molecule has 0 atom stereocenters. The Bertz CT molecular complexity index is 4230. The molecule has 2 fully saturated rings. The van der Waals surface area contributed by atoms with E-state index in [1.54, 1.807) is 54.7 Å². The number of thioether (sulfide) groups is 1. The van der Waals surface area contributed by atoms with Crippen LogP contribution in [-0.2, 0) is 17.6 Å². The molecule has 5 N–H and O–H groups in total. The van der Waals surface area contributed by atoms with Crippen molar-refractivity contribution in [2.24, 2.45) is 5.92 Å². The Hall–Kier alpha value is -9.53. The molecular formula is C62H57N13O6S. The summed E-state index contributed by atoms with van der Waals surface area (Å²) in [6.07, 6.45) is 13.7. The highest BCUT2D eigenvalue weighted by Gasteiger charge is 2.25. The van der Waals surface area contributed by atoms with Gasteiger partial charge in [-0.25, -0.2) is 59.2 Å². The number of carbonyl (C=O) groups excluding carboxylic acids is 1. The van der Waals surface area contributed by atoms with E-state index in [-0.39, 0.29) is 17.1 Å². The number of anilines is 4. The lowest BCUT2D eigenvalue weighted by Gasteiger charge is -2.14. The SMILES string of the molecule is CN(C)CCNc1nc2cc(C(=O)O)ccc2c2cnc(CC3CC3)nc12.COC(=O)c1ccc2c(c1)nc(NC1CC1)c1nc(SC)ncc12.O=C(O)c1ccc2c(c1)nc(Nc1ccccc1)c1nc(Cc3ccccc3)ncc12. The fraction of sp³-hybridized carbons (Fsp3) is 0.226. The zero-order valence-electron chi connectivity index (χ0n) is 45.4. The fourth-order valence-corrected chi connectivity index (χ4v) is 9.69. The molecule has 0 saturated heterocycles. The lowest BCUT2D eigenvalue weighted by Crippen LogP contribution is -2.21. The van der Waals surface area contributed by atoms with Gasteiger partial charge in [-0.15, -0.1) is 0 Å². The smallest absolute Gasteiger partial charge is 0.337 e. The number of pyridine rings is 3. The summed E-state index contributed by atoms with van der Waals surface area (Å²) >= 11 is 1.50. The van der Waals surface area contributed by atoms with Crippen molar-refractivity contribution in [3.05, 3.63) is 168 Å². The molecular weight excluding hydrogens is 1050 g/mol. The summed E-state index contributed by atoms with van der Waals surface area (Å²) in [5.74, 6) is 1.92. The largest absolute Gasteiger partial charge is 0.478 e. The first kappa shape index (κ1) is 54.4. The van der Waals surface area contributed by atoms with Crippen LogP contribution in [-0.4, -0.2) is 124 Å². The number of methoxy groups -OCH3 is 1. The third-order valence-corrected chi connectivity index (χ3v) is 14.5. The average Bonchev–Trinajstić information content (AvgIpc) is 4.54. The maximum atomic E-state index is 11.8. The van der Waals surface area contributed by atoms with Crippen LogP contribution in [0, 0.1) is 5.92 Å². The van der Waals surface area contributed by atoms with Crippen molar-refractivity contribution in [2.75, 3.05) is 56.5 Å². The van der Waals surface area contributed by atoms with Crippen LogP contribution in [0.4, 0.5) is 23.1 Å². The van der Waals surface area contributed by atoms with Crippen LogP contribution in [0.3, 0.4) is 0 Å². The van der Waals surface area contributed by atoms with Gasteiger partial charge in [-0.2, -0.15) is 0 Å². The molecule has 2 saturated carbocycles. The predicted molar refractivity (Wildman–Crippen MR) is 321 cm³/mol. The number of benzene rings is 5. The van der Waals surface area contributed by atoms with Gasteiger partial charge < -0.3 is 35.8 Å². The Morgan fingerprint density at radius 1 is 0.598 bits per heavy atom. The molecule has 6 aromatic heterocycles. The molecule has 11 aromatic rings. The minimum absolute atomic E-state index is 0.187. The maximum Gasteiger partial charge on any atom is 0.337 e. The molecule has 0 aliphatic heterocycles. The van der Waals surface area contributed by atoms with E-state index in [1.807, 2.05) is 99.5 Å². The predicted octanol–water partition coefficient (Wildman–Crippen LogP) is 11.3. The van der Waals surface area contributed by atoms with Gasteiger partial charge in [0.25, 0.3) is 0 Å². The molecule has 412 valence electrons. The summed E-state index contributed by atoms with van der Waals surface area (Å²) in [7, 11) is 5.41. The molecule has 20 heteroatoms. The molecule has 0 unspecified atom stereocenters. The average molecular weight is 1110 g/mol. The number of carbonyl (C=O) groups is 3. The monoisotopic (exact) mass is 1110 g/mol. The molecule has 0 amide bonds. The van der Waals surface area contributed by atoms with Crippen LogP contribution in [0.1, 0.15) is 74.0 Å². The fourth-order valence-electron chi connectivity index (χ4n) is 9.35. The number of nitrogens with one attached hydrogen (secondary N) is 3. The van der Waals surface area contributed by atoms with Crippen molar-refractivity contribution >= 4 is 118 Å². The summed E-state index contributed by atoms with van der Waals surface area (Å²) in [6, 6.07) is 35.5. The van der Waals surface area contributed by atoms with E-state index < -0.39 is 11.9 Å². The van der Waals surface area contributed by atoms with Gasteiger partial charge in [0.15, 0.2) is 22.6 Å². The van der Waals surface area contributed by atoms with Gasteiger partial charge in [0.05, 0.1) is 40.4 Å². The van der Waals surface area contributed by atoms with Crippen LogP contribution in [0.2, 0.25) is 0 Å². The van der Waals surface area contributed by atoms with Crippen LogP contribution in [0.5, 0.6) is 0 Å². The van der Waals surface area contributed by atoms with Crippen molar-refractivity contribution in [1.82, 2.24) is 49.8 Å². The van der Waals surface area contributed by atoms with Crippen molar-refractivity contribution in [3.8, 4) is 0 Å². The zero-order valence-corrected chi connectivity index (χ0v) is 46.2. The number of hydrogen-bond donors (Lipinski definition) is 5. The molecule has 0 bridgehead atoms. The Labute approximate surface area is 475 Å². The standard InChI is InChI=1S/C25H18N4O2.C20H23N5O2.C17H16N4O2S/c30-25(31)17-11-12-19-20-15-26-22(13-16-7-3-1-4-8-16)29-23(20)24(28-21(19)14-17)27-18-9-5-2-6-10-18;1-25(2)8-7-21-19-18-15(11-22-17(24-18)9-12-3-4-12)14-6-5-13(20(26)27)10-16(14)23-19;1-23-16(22)9-3-6-11-12-8-18-17(24-2)21-14(12)15(19-10-4-5-10)20-13(11)7-9/h1-12,14-15H,13H2,(H,27,28)(H,30,31);5-6,10-12H,3-4,7-9H2,1-2H3,(H,21,23)(H,26,27);3,6-8,10H,4-5H2,1-2H3,(H,19,20). The van der Waals surface area contributed by atoms with Gasteiger partial charge in [-0.3, -0.25) is 0 Å². The zero-order chi connectivity index (χ0) is 56.9. The molecule has 13 rings (SSSR count). The topological polar surface area (TPSA) is 256 Å². The highest BCUT2D eigenvalue weighted by molar-refractivity contribution is 7.98. The third-order valence-electron chi connectivity index (χ3n) is 14.0. The van der Waals surface area contributed by atoms with E-state index in [1.165, 1.54) is 31.7 Å². The van der Waals surface area contributed by atoms with Crippen LogP contribution in [0.15, 0.2) is 139 Å². The van der Waals surface area contributed by atoms with Crippen LogP contribution < -0.4 is 16.0 Å². The van der Waals surface area contributed by atoms with Crippen molar-refractivity contribution in [3.63, 3.8) is 0 Å². The minimum atomic E-state index is -0.990. The van der Waals surface area contributed by atoms with E-state index >= 15 is 0 Å². The summed E-state index contributed by atoms with van der Waals surface area (Å²) in [5.41, 5.74) is 7.14. The Balaban J connectivity index is 0.000000130. The number of carboxylic acid groups (broad SMARTS) is 2. The summed E-state index contributed by atoms with van der Waals surface area (Å²) in [6.45, 7) is 1.58. The molecule has 0 spiro atoms. The van der Waals surface area contributed by atoms with E-state index in [0.717, 1.165) is 104 Å². The minimum Gasteiger partial charge on any atom is -0.478 e. The first-order valence-electron chi connectivity index (χ1n) is 26.8. The molecule has 82 heavy (non-hydrogen) atoms. The van der Waals surface area contributed by atoms with E-state index in [2.05, 4.69) is 40.8 Å². The molecule has 6 heterocycles. The lowest BCUT2D eigenvalue weighted by molar-refractivity contribution is 0.0599. The Kier molecular flexibility index (Phi) is 16.0. The molecule has 0 radical (unpaired) electrons. The Morgan fingerprint density at radius 2 is 1.12 bits per heavy atom. The molecule has 2 aliphatic carbocycles. The van der Waals surface area contributed by atoms with Crippen LogP contribution >= 0.6 is 11.8 Å². The van der Waals surface area contributed by atoms with E-state index in [4.69, 9.17) is 29.7 Å². The van der Waals surface area contributed by atoms with Gasteiger partial charge in [0, 0.05) is 88.6 Å². The first-order chi connectivity index (χ1) is 39.9. The van der Waals surface area contributed by atoms with Crippen molar-refractivity contribution < 1.29 is 29.3 Å². The summed E-state index contributed by atoms with van der Waals surface area (Å²) < 4.78 is 4.80. The number of likely N-dealkylation sites (N-methyl/N-ethyl adjacent to an activating group) is 1. The Morgan fingerprint density at radius 3 is 1.70 bits per heavy atom. The number of rotatable bonds is 16. The number of ether oxygens (including phenoxy) is 1. The second-order valence-corrected chi connectivity index (χ2v) is 21.1. The lowest BCUT2D eigenvalue weighted by atomic mass is 10.1. The van der Waals surface area contributed by atoms with Crippen molar-refractivity contribution in [2.45, 2.75) is 49.7 Å². The summed E-state index contributed by atoms with van der Waals surface area (Å²) in [5, 5.41) is 34.7. The number of fused-ring (bicyclic) bond motifs is 9. The number of nitrogens with zero attached hydrogens (tertiary/aromatic N) is 10. The summed E-state index contributed by atoms with van der Waals surface area (Å²) in [4.78, 5) is 78.5. The number of hydrogen-bond acceptors (Lipinski definition) is 18. The normalized spacial score (nSPS) is 12.9. The first-order valence-corrected chi connectivity index (χ1v) is 28.0. The van der Waals surface area contributed by atoms with Gasteiger partial charge in [-0.1, -0.05) is 78.5 Å². The highest BCUT2D eigenvalue weighted by Crippen LogP contribution is 2.36. The quantitative estimate of drug-likeness (QED) is 0.0261. The van der Waals surface area contributed by atoms with Crippen LogP contribution in [0.25, 0.3) is 65.4 Å². The number of aromatic carboxylic acids is 2. The second-order valence-electron chi connectivity index (χ2n) is 20.3. The second kappa shape index (κ2) is 24.1. The van der Waals surface area contributed by atoms with Gasteiger partial charge in [-0.05, 0) is 106 Å². The highest BCUT2D eigenvalue weighted by atomic mass is 32.2. The number of aromatic nitrogens is 9. The van der Waals surface area contributed by atoms with Gasteiger partial charge in [0.2, 0.25) is 0 Å². The van der Waals surface area contributed by atoms with E-state index in [0.29, 0.717) is 63.1 Å². The number of esters is 1. The van der Waals surface area contributed by atoms with Crippen molar-refractivity contribution in [1.29, 1.82) is 0 Å². The van der Waals surface area contributed by atoms with E-state index in [9.17, 15) is 24.6 Å². The third kappa shape index (κ3) is 12.6.